The lowest BCUT2D eigenvalue weighted by atomic mass is 10.2. The fraction of sp³-hybridized carbons (Fsp3) is 0.385. The Kier molecular flexibility index (Phi) is 6.06. The predicted octanol–water partition coefficient (Wildman–Crippen LogP) is 2.28. The van der Waals surface area contributed by atoms with E-state index in [0.29, 0.717) is 5.56 Å². The summed E-state index contributed by atoms with van der Waals surface area (Å²) in [4.78, 5) is 13.4. The van der Waals surface area contributed by atoms with Crippen LogP contribution in [-0.2, 0) is 11.4 Å². The van der Waals surface area contributed by atoms with E-state index in [1.807, 2.05) is 0 Å². The van der Waals surface area contributed by atoms with E-state index >= 15 is 0 Å². The Labute approximate surface area is 146 Å². The summed E-state index contributed by atoms with van der Waals surface area (Å²) in [7, 11) is 0. The van der Waals surface area contributed by atoms with Crippen molar-refractivity contribution in [1.29, 1.82) is 0 Å². The summed E-state index contributed by atoms with van der Waals surface area (Å²) >= 11 is 0. The van der Waals surface area contributed by atoms with Gasteiger partial charge in [-0.25, -0.2) is 4.99 Å². The Hall–Kier alpha value is -2.01. The topological polar surface area (TPSA) is 98.5 Å². The third-order valence-corrected chi connectivity index (χ3v) is 2.81. The van der Waals surface area contributed by atoms with Crippen molar-refractivity contribution < 1.29 is 22.7 Å². The van der Waals surface area contributed by atoms with E-state index in [-0.39, 0.29) is 41.3 Å². The number of hydrogen-bond acceptors (Lipinski definition) is 7. The minimum absolute atomic E-state index is 0. The van der Waals surface area contributed by atoms with Gasteiger partial charge < -0.3 is 16.2 Å². The first-order valence-corrected chi connectivity index (χ1v) is 6.54. The van der Waals surface area contributed by atoms with Crippen LogP contribution in [-0.4, -0.2) is 29.0 Å². The van der Waals surface area contributed by atoms with E-state index < -0.39 is 12.0 Å². The van der Waals surface area contributed by atoms with E-state index in [9.17, 15) is 13.2 Å². The van der Waals surface area contributed by atoms with Gasteiger partial charge in [0.15, 0.2) is 5.66 Å². The lowest BCUT2D eigenvalue weighted by molar-refractivity contribution is -0.274. The minimum Gasteiger partial charge on any atom is -0.406 e. The number of hydrogen-bond donors (Lipinski definition) is 2. The van der Waals surface area contributed by atoms with Crippen LogP contribution in [0.1, 0.15) is 19.4 Å². The molecular weight excluding hydrogens is 395 g/mol. The van der Waals surface area contributed by atoms with Crippen molar-refractivity contribution >= 4 is 28.9 Å². The number of benzene rings is 1. The molecule has 0 spiro atoms. The molecule has 0 aromatic heterocycles. The molecule has 24 heavy (non-hydrogen) atoms. The second-order valence-corrected chi connectivity index (χ2v) is 5.20. The summed E-state index contributed by atoms with van der Waals surface area (Å²) in [5.74, 6) is -0.307. The van der Waals surface area contributed by atoms with Crippen molar-refractivity contribution in [3.8, 4) is 5.75 Å². The molecule has 2 rings (SSSR count). The quantitative estimate of drug-likeness (QED) is 0.791. The average Bonchev–Trinajstić information content (AvgIpc) is 2.34. The van der Waals surface area contributed by atoms with Gasteiger partial charge in [-0.1, -0.05) is 12.1 Å². The van der Waals surface area contributed by atoms with Gasteiger partial charge in [0, 0.05) is 0 Å². The summed E-state index contributed by atoms with van der Waals surface area (Å²) in [6, 6.07) is 5.43. The molecule has 0 bridgehead atoms. The van der Waals surface area contributed by atoms with Crippen molar-refractivity contribution in [1.82, 2.24) is 5.06 Å². The number of nitrogens with two attached hydrogens (primary N) is 2. The molecule has 0 unspecified atom stereocenters. The molecule has 0 aliphatic carbocycles. The van der Waals surface area contributed by atoms with Crippen LogP contribution in [0.15, 0.2) is 34.3 Å². The molecule has 134 valence electrons. The van der Waals surface area contributed by atoms with Crippen molar-refractivity contribution in [3.05, 3.63) is 29.8 Å². The van der Waals surface area contributed by atoms with Crippen LogP contribution < -0.4 is 16.2 Å². The Morgan fingerprint density at radius 3 is 2.50 bits per heavy atom. The Balaban J connectivity index is 0.00000288. The van der Waals surface area contributed by atoms with E-state index in [4.69, 9.17) is 16.3 Å². The van der Waals surface area contributed by atoms with Gasteiger partial charge in [0.05, 0.1) is 0 Å². The van der Waals surface area contributed by atoms with Crippen LogP contribution in [0.25, 0.3) is 0 Å². The van der Waals surface area contributed by atoms with Gasteiger partial charge in [0.2, 0.25) is 11.9 Å². The van der Waals surface area contributed by atoms with Gasteiger partial charge in [-0.15, -0.1) is 30.2 Å². The minimum atomic E-state index is -4.75. The molecule has 11 heteroatoms. The highest BCUT2D eigenvalue weighted by Gasteiger charge is 2.33. The highest BCUT2D eigenvalue weighted by atomic mass is 79.9. The molecule has 4 N–H and O–H groups in total. The summed E-state index contributed by atoms with van der Waals surface area (Å²) in [5.41, 5.74) is 10.8. The molecule has 0 saturated carbocycles. The zero-order valence-electron chi connectivity index (χ0n) is 12.9. The number of halogens is 4. The molecule has 0 amide bonds. The molecule has 0 saturated heterocycles. The smallest absolute Gasteiger partial charge is 0.406 e. The van der Waals surface area contributed by atoms with Crippen molar-refractivity contribution in [2.24, 2.45) is 21.5 Å². The van der Waals surface area contributed by atoms with Crippen molar-refractivity contribution in [2.45, 2.75) is 32.5 Å². The second kappa shape index (κ2) is 7.26. The third-order valence-electron chi connectivity index (χ3n) is 2.81. The van der Waals surface area contributed by atoms with Crippen LogP contribution in [0.4, 0.5) is 13.2 Å². The Bertz CT molecular complexity index is 649. The fourth-order valence-electron chi connectivity index (χ4n) is 1.99. The summed E-state index contributed by atoms with van der Waals surface area (Å²) in [6.07, 6.45) is -4.75. The SMILES string of the molecule is Br.CC1(C)N=C(N)N=C(N)N1OCc1cccc(OC(F)(F)F)c1. The van der Waals surface area contributed by atoms with Crippen LogP contribution in [0.3, 0.4) is 0 Å². The zero-order chi connectivity index (χ0) is 17.3. The van der Waals surface area contributed by atoms with Gasteiger partial charge in [0.25, 0.3) is 0 Å². The summed E-state index contributed by atoms with van der Waals surface area (Å²) in [6.45, 7) is 3.35. The maximum atomic E-state index is 12.2. The van der Waals surface area contributed by atoms with E-state index in [0.717, 1.165) is 0 Å². The Morgan fingerprint density at radius 1 is 1.25 bits per heavy atom. The molecule has 1 heterocycles. The number of guanidine groups is 2. The lowest BCUT2D eigenvalue weighted by Gasteiger charge is -2.36. The Morgan fingerprint density at radius 2 is 1.92 bits per heavy atom. The molecule has 1 aromatic carbocycles. The van der Waals surface area contributed by atoms with Gasteiger partial charge in [-0.2, -0.15) is 10.1 Å². The largest absolute Gasteiger partial charge is 0.573 e. The van der Waals surface area contributed by atoms with E-state index in [2.05, 4.69) is 14.7 Å². The van der Waals surface area contributed by atoms with Gasteiger partial charge in [0.1, 0.15) is 12.4 Å². The second-order valence-electron chi connectivity index (χ2n) is 5.20. The van der Waals surface area contributed by atoms with Crippen LogP contribution >= 0.6 is 17.0 Å². The zero-order valence-corrected chi connectivity index (χ0v) is 14.6. The highest BCUT2D eigenvalue weighted by molar-refractivity contribution is 8.93. The average molecular weight is 412 g/mol. The molecule has 0 radical (unpaired) electrons. The third kappa shape index (κ3) is 5.27. The number of ether oxygens (including phenoxy) is 1. The van der Waals surface area contributed by atoms with Gasteiger partial charge in [-0.3, -0.25) is 4.84 Å². The van der Waals surface area contributed by atoms with Crippen LogP contribution in [0.2, 0.25) is 0 Å². The summed E-state index contributed by atoms with van der Waals surface area (Å²) in [5, 5.41) is 1.24. The number of alkyl halides is 3. The monoisotopic (exact) mass is 411 g/mol. The highest BCUT2D eigenvalue weighted by Crippen LogP contribution is 2.25. The van der Waals surface area contributed by atoms with Crippen LogP contribution in [0.5, 0.6) is 5.75 Å². The first-order valence-electron chi connectivity index (χ1n) is 6.54. The van der Waals surface area contributed by atoms with Gasteiger partial charge >= 0.3 is 6.36 Å². The van der Waals surface area contributed by atoms with E-state index in [1.54, 1.807) is 19.9 Å². The molecule has 7 nitrogen and oxygen atoms in total. The predicted molar refractivity (Wildman–Crippen MR) is 87.4 cm³/mol. The molecule has 1 aliphatic rings. The van der Waals surface area contributed by atoms with Crippen molar-refractivity contribution in [3.63, 3.8) is 0 Å². The molecule has 1 aromatic rings. The lowest BCUT2D eigenvalue weighted by Crippen LogP contribution is -2.53. The maximum Gasteiger partial charge on any atom is 0.573 e. The molecule has 0 atom stereocenters. The molecular formula is C13H17BrF3N5O2. The maximum absolute atomic E-state index is 12.2. The van der Waals surface area contributed by atoms with Gasteiger partial charge in [-0.05, 0) is 31.5 Å². The fourth-order valence-corrected chi connectivity index (χ4v) is 1.99. The number of aliphatic imine (C=N–C) groups is 2. The molecule has 1 aliphatic heterocycles. The number of rotatable bonds is 4. The molecule has 0 fully saturated rings. The number of hydroxylamine groups is 2. The normalized spacial score (nSPS) is 16.8. The summed E-state index contributed by atoms with van der Waals surface area (Å²) < 4.78 is 40.5. The first-order chi connectivity index (χ1) is 10.6. The first kappa shape index (κ1) is 20.0. The van der Waals surface area contributed by atoms with Crippen LogP contribution in [0, 0.1) is 0 Å². The van der Waals surface area contributed by atoms with Crippen molar-refractivity contribution in [2.75, 3.05) is 0 Å². The number of nitrogens with zero attached hydrogens (tertiary/aromatic N) is 3. The standard InChI is InChI=1S/C13H16F3N5O2.BrH/c1-12(2)20-10(17)19-11(18)21(12)22-7-8-4-3-5-9(6-8)23-13(14,15)16;/h3-6H,7H2,1-2H3,(H4,17,18,19,20);1H. The van der Waals surface area contributed by atoms with E-state index in [1.165, 1.54) is 23.3 Å².